The van der Waals surface area contributed by atoms with Crippen molar-refractivity contribution < 1.29 is 29.5 Å². The lowest BCUT2D eigenvalue weighted by Gasteiger charge is -2.43. The topological polar surface area (TPSA) is 120 Å². The van der Waals surface area contributed by atoms with Gasteiger partial charge >= 0.3 is 7.12 Å². The summed E-state index contributed by atoms with van der Waals surface area (Å²) in [6.45, 7) is -0.231. The van der Waals surface area contributed by atoms with Gasteiger partial charge in [0.1, 0.15) is 5.75 Å². The van der Waals surface area contributed by atoms with Crippen molar-refractivity contribution in [3.05, 3.63) is 69.5 Å². The van der Waals surface area contributed by atoms with Crippen LogP contribution in [0.25, 0.3) is 11.6 Å². The van der Waals surface area contributed by atoms with E-state index < -0.39 is 25.1 Å². The van der Waals surface area contributed by atoms with Gasteiger partial charge in [-0.25, -0.2) is 0 Å². The summed E-state index contributed by atoms with van der Waals surface area (Å²) in [5.74, 6) is -1.75. The summed E-state index contributed by atoms with van der Waals surface area (Å²) in [5, 5.41) is 31.3. The number of aliphatic hydroxyl groups excluding tert-OH is 1. The first-order valence-corrected chi connectivity index (χ1v) is 13.2. The zero-order valence-electron chi connectivity index (χ0n) is 20.4. The summed E-state index contributed by atoms with van der Waals surface area (Å²) < 4.78 is 6.80. The summed E-state index contributed by atoms with van der Waals surface area (Å²) in [6.07, 6.45) is 4.52. The Morgan fingerprint density at radius 2 is 2.05 bits per heavy atom. The number of rotatable bonds is 6. The molecule has 0 spiro atoms. The van der Waals surface area contributed by atoms with Gasteiger partial charge in [-0.2, -0.15) is 0 Å². The molecule has 3 N–H and O–H groups in total. The Morgan fingerprint density at radius 1 is 1.24 bits per heavy atom. The Kier molecular flexibility index (Phi) is 7.36. The van der Waals surface area contributed by atoms with Crippen LogP contribution < -0.4 is 0 Å². The fraction of sp³-hybridized carbons (Fsp3) is 0.370. The van der Waals surface area contributed by atoms with E-state index in [1.165, 1.54) is 11.9 Å². The van der Waals surface area contributed by atoms with Crippen molar-refractivity contribution in [2.75, 3.05) is 13.7 Å². The number of likely N-dealkylation sites (tertiary alicyclic amines) is 1. The number of carbonyl (C=O) groups is 2. The highest BCUT2D eigenvalue weighted by atomic mass is 79.9. The van der Waals surface area contributed by atoms with Gasteiger partial charge in [0.25, 0.3) is 0 Å². The smallest absolute Gasteiger partial charge is 0.455 e. The Morgan fingerprint density at radius 3 is 2.78 bits per heavy atom. The van der Waals surface area contributed by atoms with Crippen molar-refractivity contribution >= 4 is 46.5 Å². The van der Waals surface area contributed by atoms with Gasteiger partial charge in [-0.15, -0.1) is 0 Å². The Balaban J connectivity index is 1.48. The number of aliphatic hydroxyl groups is 1. The van der Waals surface area contributed by atoms with Crippen LogP contribution in [0.15, 0.2) is 58.2 Å². The van der Waals surface area contributed by atoms with Gasteiger partial charge < -0.3 is 19.9 Å². The number of carbonyl (C=O) groups excluding carboxylic acids is 2. The van der Waals surface area contributed by atoms with Crippen molar-refractivity contribution in [1.82, 2.24) is 9.88 Å². The molecule has 2 aromatic rings. The van der Waals surface area contributed by atoms with Crippen LogP contribution in [-0.4, -0.2) is 63.8 Å². The molecule has 192 valence electrons. The number of allylic oxidation sites excluding steroid dienone is 1. The number of hydrogen-bond donors (Lipinski definition) is 3. The van der Waals surface area contributed by atoms with Gasteiger partial charge in [-0.05, 0) is 84.6 Å². The lowest BCUT2D eigenvalue weighted by atomic mass is 9.58. The molecule has 2 amide bonds. The molecule has 4 atom stereocenters. The quantitative estimate of drug-likeness (QED) is 0.279. The Bertz CT molecular complexity index is 1280. The van der Waals surface area contributed by atoms with Crippen molar-refractivity contribution in [2.45, 2.75) is 31.7 Å². The van der Waals surface area contributed by atoms with Gasteiger partial charge in [0, 0.05) is 23.3 Å². The van der Waals surface area contributed by atoms with Gasteiger partial charge in [0.2, 0.25) is 11.8 Å². The molecule has 1 aromatic carbocycles. The minimum Gasteiger partial charge on any atom is -0.507 e. The highest BCUT2D eigenvalue weighted by Gasteiger charge is 2.56. The molecule has 0 saturated carbocycles. The molecule has 8 nitrogen and oxygen atoms in total. The number of nitrogens with zero attached hydrogens (tertiary/aromatic N) is 2. The van der Waals surface area contributed by atoms with Crippen LogP contribution in [0.3, 0.4) is 0 Å². The van der Waals surface area contributed by atoms with E-state index >= 15 is 0 Å². The highest BCUT2D eigenvalue weighted by Crippen LogP contribution is 2.50. The average molecular weight is 567 g/mol. The second-order valence-electron chi connectivity index (χ2n) is 9.84. The number of phenols is 1. The van der Waals surface area contributed by atoms with Crippen molar-refractivity contribution in [3.8, 4) is 5.75 Å². The van der Waals surface area contributed by atoms with E-state index in [-0.39, 0.29) is 36.4 Å². The van der Waals surface area contributed by atoms with E-state index in [1.807, 2.05) is 30.3 Å². The standard InChI is InChI=1S/C27H28BBrN2O6/c1-31-26(34)19-12-17(14-32)24-20(25(19)27(31)35)13-28(36)37-23(24)8-5-15(21-4-2-3-9-30-21)10-16-11-18(29)6-7-22(16)33/h2-4,6-7,9-11,19-20,23,25,32-33,36H,5,8,12-14H2,1H3/b15-10-/t19-,20+,23-,25-/m1/s1. The van der Waals surface area contributed by atoms with Gasteiger partial charge in [-0.1, -0.05) is 22.0 Å². The lowest BCUT2D eigenvalue weighted by molar-refractivity contribution is -0.138. The number of halogens is 1. The fourth-order valence-corrected chi connectivity index (χ4v) is 6.39. The lowest BCUT2D eigenvalue weighted by Crippen LogP contribution is -2.46. The minimum absolute atomic E-state index is 0.137. The first kappa shape index (κ1) is 25.8. The molecule has 37 heavy (non-hydrogen) atoms. The maximum absolute atomic E-state index is 13.0. The molecule has 3 heterocycles. The van der Waals surface area contributed by atoms with E-state index in [0.29, 0.717) is 30.4 Å². The SMILES string of the molecule is CN1C(=O)[C@@H]2[C@@H](CC(CO)=C3[C@@H](CC/C(=C/c4cc(Br)ccc4O)c4ccccn4)OB(O)C[C@@H]32)C1=O. The molecule has 1 aromatic heterocycles. The number of phenolic OH excluding ortho intramolecular Hbond substituents is 1. The molecule has 0 radical (unpaired) electrons. The normalized spacial score (nSPS) is 26.0. The number of amides is 2. The zero-order valence-corrected chi connectivity index (χ0v) is 22.0. The van der Waals surface area contributed by atoms with E-state index in [1.54, 1.807) is 18.3 Å². The van der Waals surface area contributed by atoms with Gasteiger partial charge in [0.15, 0.2) is 0 Å². The van der Waals surface area contributed by atoms with Crippen LogP contribution in [0.2, 0.25) is 6.32 Å². The van der Waals surface area contributed by atoms with Crippen LogP contribution >= 0.6 is 15.9 Å². The molecule has 1 aliphatic carbocycles. The van der Waals surface area contributed by atoms with Gasteiger partial charge in [-0.3, -0.25) is 19.5 Å². The first-order chi connectivity index (χ1) is 17.8. The minimum atomic E-state index is -1.08. The molecule has 5 rings (SSSR count). The van der Waals surface area contributed by atoms with Crippen LogP contribution in [0.4, 0.5) is 0 Å². The van der Waals surface area contributed by atoms with Gasteiger partial charge in [0.05, 0.1) is 30.2 Å². The molecular formula is C27H28BBrN2O6. The number of aromatic nitrogens is 1. The second kappa shape index (κ2) is 10.5. The van der Waals surface area contributed by atoms with Crippen molar-refractivity contribution in [1.29, 1.82) is 0 Å². The first-order valence-electron chi connectivity index (χ1n) is 12.4. The fourth-order valence-electron chi connectivity index (χ4n) is 6.01. The number of pyridine rings is 1. The molecule has 3 aliphatic rings. The number of fused-ring (bicyclic) bond motifs is 3. The van der Waals surface area contributed by atoms with Crippen molar-refractivity contribution in [3.63, 3.8) is 0 Å². The third-order valence-corrected chi connectivity index (χ3v) is 8.20. The summed E-state index contributed by atoms with van der Waals surface area (Å²) >= 11 is 3.45. The summed E-state index contributed by atoms with van der Waals surface area (Å²) in [4.78, 5) is 31.4. The predicted molar refractivity (Wildman–Crippen MR) is 142 cm³/mol. The molecule has 2 saturated heterocycles. The van der Waals surface area contributed by atoms with Crippen LogP contribution in [-0.2, 0) is 14.2 Å². The molecule has 2 aliphatic heterocycles. The number of hydrogen-bond acceptors (Lipinski definition) is 7. The van der Waals surface area contributed by atoms with E-state index in [9.17, 15) is 24.8 Å². The maximum Gasteiger partial charge on any atom is 0.455 e. The van der Waals surface area contributed by atoms with Crippen LogP contribution in [0.5, 0.6) is 5.75 Å². The number of benzene rings is 1. The third kappa shape index (κ3) is 4.91. The predicted octanol–water partition coefficient (Wildman–Crippen LogP) is 3.29. The van der Waals surface area contributed by atoms with E-state index in [2.05, 4.69) is 20.9 Å². The highest BCUT2D eigenvalue weighted by molar-refractivity contribution is 9.10. The summed E-state index contributed by atoms with van der Waals surface area (Å²) in [6, 6.07) is 10.8. The van der Waals surface area contributed by atoms with E-state index in [4.69, 9.17) is 4.65 Å². The average Bonchev–Trinajstić information content (AvgIpc) is 3.11. The number of imide groups is 1. The molecule has 0 unspecified atom stereocenters. The molecule has 10 heteroatoms. The maximum atomic E-state index is 13.0. The zero-order chi connectivity index (χ0) is 26.3. The van der Waals surface area contributed by atoms with Crippen molar-refractivity contribution in [2.24, 2.45) is 17.8 Å². The Hall–Kier alpha value is -2.79. The monoisotopic (exact) mass is 566 g/mol. The van der Waals surface area contributed by atoms with Crippen LogP contribution in [0, 0.1) is 17.8 Å². The molecule has 2 fully saturated rings. The summed E-state index contributed by atoms with van der Waals surface area (Å²) in [5.41, 5.74) is 3.78. The van der Waals surface area contributed by atoms with Crippen LogP contribution in [0.1, 0.15) is 30.5 Å². The molecule has 0 bridgehead atoms. The molecular weight excluding hydrogens is 539 g/mol. The van der Waals surface area contributed by atoms with E-state index in [0.717, 1.165) is 21.3 Å². The summed E-state index contributed by atoms with van der Waals surface area (Å²) in [7, 11) is 0.415. The second-order valence-corrected chi connectivity index (χ2v) is 10.8. The largest absolute Gasteiger partial charge is 0.507 e. The third-order valence-electron chi connectivity index (χ3n) is 7.71. The Labute approximate surface area is 223 Å². The number of aromatic hydroxyl groups is 1.